The Bertz CT molecular complexity index is 842. The summed E-state index contributed by atoms with van der Waals surface area (Å²) in [5.74, 6) is 0.351. The van der Waals surface area contributed by atoms with E-state index in [-0.39, 0.29) is 11.9 Å². The van der Waals surface area contributed by atoms with E-state index in [0.29, 0.717) is 35.5 Å². The molecule has 154 valence electrons. The Kier molecular flexibility index (Phi) is 7.78. The molecular formula is C22H25Cl2N3O2. The Labute approximate surface area is 181 Å². The summed E-state index contributed by atoms with van der Waals surface area (Å²) in [5.41, 5.74) is 1.70. The van der Waals surface area contributed by atoms with Gasteiger partial charge in [0, 0.05) is 41.8 Å². The van der Waals surface area contributed by atoms with Crippen LogP contribution in [0.2, 0.25) is 10.0 Å². The van der Waals surface area contributed by atoms with Crippen LogP contribution < -0.4 is 10.6 Å². The van der Waals surface area contributed by atoms with E-state index in [9.17, 15) is 9.59 Å². The Hall–Kier alpha value is -2.24. The number of hydrogen-bond acceptors (Lipinski definition) is 2. The van der Waals surface area contributed by atoms with Crippen molar-refractivity contribution in [3.8, 4) is 0 Å². The van der Waals surface area contributed by atoms with E-state index in [1.807, 2.05) is 29.2 Å². The number of amides is 3. The van der Waals surface area contributed by atoms with E-state index in [1.54, 1.807) is 24.3 Å². The number of anilines is 1. The van der Waals surface area contributed by atoms with Crippen molar-refractivity contribution in [1.29, 1.82) is 0 Å². The van der Waals surface area contributed by atoms with Crippen LogP contribution in [-0.2, 0) is 11.3 Å². The molecule has 29 heavy (non-hydrogen) atoms. The minimum Gasteiger partial charge on any atom is -0.352 e. The van der Waals surface area contributed by atoms with E-state index < -0.39 is 0 Å². The molecule has 1 aliphatic rings. The number of halogens is 2. The van der Waals surface area contributed by atoms with Crippen molar-refractivity contribution in [2.24, 2.45) is 5.92 Å². The fraction of sp³-hybridized carbons (Fsp3) is 0.364. The quantitative estimate of drug-likeness (QED) is 0.645. The van der Waals surface area contributed by atoms with E-state index in [0.717, 1.165) is 37.1 Å². The van der Waals surface area contributed by atoms with E-state index in [4.69, 9.17) is 23.2 Å². The zero-order valence-corrected chi connectivity index (χ0v) is 17.7. The van der Waals surface area contributed by atoms with E-state index in [1.165, 1.54) is 0 Å². The second kappa shape index (κ2) is 10.5. The number of benzene rings is 2. The minimum absolute atomic E-state index is 0.0210. The Balaban J connectivity index is 1.41. The van der Waals surface area contributed by atoms with Gasteiger partial charge in [0.25, 0.3) is 0 Å². The predicted octanol–water partition coefficient (Wildman–Crippen LogP) is 5.33. The molecule has 2 aromatic carbocycles. The van der Waals surface area contributed by atoms with Crippen LogP contribution in [0.15, 0.2) is 48.5 Å². The lowest BCUT2D eigenvalue weighted by atomic mass is 9.93. The zero-order chi connectivity index (χ0) is 20.6. The number of likely N-dealkylation sites (tertiary alicyclic amines) is 1. The Morgan fingerprint density at radius 1 is 1.07 bits per heavy atom. The topological polar surface area (TPSA) is 61.4 Å². The summed E-state index contributed by atoms with van der Waals surface area (Å²) >= 11 is 11.8. The van der Waals surface area contributed by atoms with Crippen LogP contribution in [0.1, 0.15) is 31.2 Å². The van der Waals surface area contributed by atoms with Gasteiger partial charge in [-0.25, -0.2) is 4.79 Å². The lowest BCUT2D eigenvalue weighted by Crippen LogP contribution is -2.42. The number of nitrogens with one attached hydrogen (secondary N) is 2. The molecule has 7 heteroatoms. The first-order chi connectivity index (χ1) is 14.0. The van der Waals surface area contributed by atoms with Crippen LogP contribution in [-0.4, -0.2) is 29.9 Å². The third-order valence-electron chi connectivity index (χ3n) is 5.06. The average Bonchev–Trinajstić information content (AvgIpc) is 2.72. The first kappa shape index (κ1) is 21.5. The van der Waals surface area contributed by atoms with Crippen LogP contribution in [0.4, 0.5) is 10.5 Å². The molecule has 3 rings (SSSR count). The van der Waals surface area contributed by atoms with Crippen molar-refractivity contribution in [3.63, 3.8) is 0 Å². The number of piperidine rings is 1. The first-order valence-corrected chi connectivity index (χ1v) is 10.6. The molecule has 1 fully saturated rings. The van der Waals surface area contributed by atoms with Gasteiger partial charge in [-0.3, -0.25) is 4.79 Å². The van der Waals surface area contributed by atoms with Crippen LogP contribution in [0.5, 0.6) is 0 Å². The largest absolute Gasteiger partial charge is 0.352 e. The lowest BCUT2D eigenvalue weighted by molar-refractivity contribution is -0.121. The Morgan fingerprint density at radius 3 is 2.62 bits per heavy atom. The minimum atomic E-state index is -0.109. The number of carbonyl (C=O) groups is 2. The third-order valence-corrected chi connectivity index (χ3v) is 5.55. The van der Waals surface area contributed by atoms with Gasteiger partial charge in [-0.2, -0.15) is 0 Å². The Morgan fingerprint density at radius 2 is 1.86 bits per heavy atom. The summed E-state index contributed by atoms with van der Waals surface area (Å²) in [7, 11) is 0. The van der Waals surface area contributed by atoms with Crippen molar-refractivity contribution in [2.75, 3.05) is 18.4 Å². The summed E-state index contributed by atoms with van der Waals surface area (Å²) < 4.78 is 0. The van der Waals surface area contributed by atoms with Gasteiger partial charge in [0.15, 0.2) is 0 Å². The summed E-state index contributed by atoms with van der Waals surface area (Å²) in [6.45, 7) is 1.87. The van der Waals surface area contributed by atoms with Crippen molar-refractivity contribution in [3.05, 3.63) is 64.1 Å². The molecule has 0 bridgehead atoms. The van der Waals surface area contributed by atoms with Gasteiger partial charge in [-0.1, -0.05) is 35.3 Å². The van der Waals surface area contributed by atoms with Gasteiger partial charge >= 0.3 is 6.03 Å². The van der Waals surface area contributed by atoms with Crippen LogP contribution in [0.25, 0.3) is 0 Å². The number of nitrogens with zero attached hydrogens (tertiary/aromatic N) is 1. The fourth-order valence-corrected chi connectivity index (χ4v) is 3.83. The van der Waals surface area contributed by atoms with E-state index in [2.05, 4.69) is 10.6 Å². The zero-order valence-electron chi connectivity index (χ0n) is 16.2. The molecule has 0 unspecified atom stereocenters. The van der Waals surface area contributed by atoms with Crippen molar-refractivity contribution in [1.82, 2.24) is 10.2 Å². The van der Waals surface area contributed by atoms with Gasteiger partial charge in [0.2, 0.25) is 5.91 Å². The highest BCUT2D eigenvalue weighted by atomic mass is 35.5. The van der Waals surface area contributed by atoms with E-state index >= 15 is 0 Å². The van der Waals surface area contributed by atoms with Crippen LogP contribution in [0, 0.1) is 5.92 Å². The molecule has 3 amide bonds. The highest BCUT2D eigenvalue weighted by Gasteiger charge is 2.24. The highest BCUT2D eigenvalue weighted by Crippen LogP contribution is 2.22. The standard InChI is InChI=1S/C22H25Cl2N3O2/c23-18-7-9-20(10-8-18)26-22(29)27-12-2-4-16(15-27)6-11-21(28)25-14-17-3-1-5-19(24)13-17/h1,3,5,7-10,13,16H,2,4,6,11-12,14-15H2,(H,25,28)(H,26,29)/t16-/m1/s1. The average molecular weight is 434 g/mol. The number of urea groups is 1. The predicted molar refractivity (Wildman–Crippen MR) is 117 cm³/mol. The highest BCUT2D eigenvalue weighted by molar-refractivity contribution is 6.30. The summed E-state index contributed by atoms with van der Waals surface area (Å²) in [6.07, 6.45) is 3.21. The van der Waals surface area contributed by atoms with Crippen molar-refractivity contribution >= 4 is 40.8 Å². The maximum atomic E-state index is 12.5. The molecule has 0 aliphatic carbocycles. The van der Waals surface area contributed by atoms with Crippen LogP contribution in [0.3, 0.4) is 0 Å². The molecule has 0 saturated carbocycles. The fourth-order valence-electron chi connectivity index (χ4n) is 3.49. The maximum absolute atomic E-state index is 12.5. The molecule has 0 spiro atoms. The van der Waals surface area contributed by atoms with Gasteiger partial charge in [0.1, 0.15) is 0 Å². The van der Waals surface area contributed by atoms with Crippen molar-refractivity contribution < 1.29 is 9.59 Å². The lowest BCUT2D eigenvalue weighted by Gasteiger charge is -2.32. The molecule has 5 nitrogen and oxygen atoms in total. The number of hydrogen-bond donors (Lipinski definition) is 2. The summed E-state index contributed by atoms with van der Waals surface area (Å²) in [4.78, 5) is 26.5. The molecule has 1 atom stereocenters. The molecule has 0 aromatic heterocycles. The molecule has 1 heterocycles. The second-order valence-corrected chi connectivity index (χ2v) is 8.21. The molecular weight excluding hydrogens is 409 g/mol. The van der Waals surface area contributed by atoms with Gasteiger partial charge in [-0.05, 0) is 67.1 Å². The summed E-state index contributed by atoms with van der Waals surface area (Å²) in [5, 5.41) is 7.14. The van der Waals surface area contributed by atoms with Gasteiger partial charge < -0.3 is 15.5 Å². The smallest absolute Gasteiger partial charge is 0.321 e. The number of carbonyl (C=O) groups excluding carboxylic acids is 2. The molecule has 0 radical (unpaired) electrons. The third kappa shape index (κ3) is 6.94. The SMILES string of the molecule is O=C(CC[C@H]1CCCN(C(=O)Nc2ccc(Cl)cc2)C1)NCc1cccc(Cl)c1. The van der Waals surface area contributed by atoms with Crippen LogP contribution >= 0.6 is 23.2 Å². The summed E-state index contributed by atoms with van der Waals surface area (Å²) in [6, 6.07) is 14.4. The molecule has 2 N–H and O–H groups in total. The molecule has 1 saturated heterocycles. The normalized spacial score (nSPS) is 16.3. The maximum Gasteiger partial charge on any atom is 0.321 e. The van der Waals surface area contributed by atoms with Gasteiger partial charge in [0.05, 0.1) is 0 Å². The molecule has 1 aliphatic heterocycles. The first-order valence-electron chi connectivity index (χ1n) is 9.82. The second-order valence-electron chi connectivity index (χ2n) is 7.34. The van der Waals surface area contributed by atoms with Crippen molar-refractivity contribution in [2.45, 2.75) is 32.2 Å². The number of rotatable bonds is 6. The van der Waals surface area contributed by atoms with Gasteiger partial charge in [-0.15, -0.1) is 0 Å². The monoisotopic (exact) mass is 433 g/mol. The molecule has 2 aromatic rings.